The third kappa shape index (κ3) is 4.26. The number of rotatable bonds is 4. The molecule has 1 fully saturated rings. The summed E-state index contributed by atoms with van der Waals surface area (Å²) in [5, 5.41) is 3.51. The van der Waals surface area contributed by atoms with Crippen LogP contribution in [0.5, 0.6) is 0 Å². The van der Waals surface area contributed by atoms with Gasteiger partial charge in [0.1, 0.15) is 0 Å². The quantitative estimate of drug-likeness (QED) is 0.682. The Morgan fingerprint density at radius 3 is 2.36 bits per heavy atom. The fraction of sp³-hybridized carbons (Fsp3) is 0.421. The van der Waals surface area contributed by atoms with Gasteiger partial charge in [-0.3, -0.25) is 4.99 Å². The molecule has 1 aromatic carbocycles. The lowest BCUT2D eigenvalue weighted by Crippen LogP contribution is -2.52. The van der Waals surface area contributed by atoms with E-state index in [1.54, 1.807) is 12.4 Å². The number of anilines is 1. The average molecular weight is 338 g/mol. The van der Waals surface area contributed by atoms with Gasteiger partial charge in [0, 0.05) is 52.2 Å². The van der Waals surface area contributed by atoms with Gasteiger partial charge in [0.2, 0.25) is 5.95 Å². The molecule has 0 bridgehead atoms. The van der Waals surface area contributed by atoms with E-state index in [0.717, 1.165) is 51.1 Å². The molecular formula is C19H26N6. The molecule has 0 atom stereocenters. The van der Waals surface area contributed by atoms with Gasteiger partial charge < -0.3 is 15.1 Å². The summed E-state index contributed by atoms with van der Waals surface area (Å²) in [6, 6.07) is 10.4. The van der Waals surface area contributed by atoms with Gasteiger partial charge in [-0.1, -0.05) is 31.2 Å². The number of hydrogen-bond donors (Lipinski definition) is 1. The largest absolute Gasteiger partial charge is 0.352 e. The van der Waals surface area contributed by atoms with Crippen molar-refractivity contribution in [2.45, 2.75) is 19.9 Å². The third-order valence-electron chi connectivity index (χ3n) is 4.56. The Balaban J connectivity index is 1.56. The summed E-state index contributed by atoms with van der Waals surface area (Å²) in [5.41, 5.74) is 2.72. The van der Waals surface area contributed by atoms with Crippen LogP contribution in [0.25, 0.3) is 0 Å². The molecule has 3 rings (SSSR count). The van der Waals surface area contributed by atoms with Crippen molar-refractivity contribution in [2.75, 3.05) is 38.1 Å². The van der Waals surface area contributed by atoms with Gasteiger partial charge in [0.05, 0.1) is 0 Å². The molecule has 2 heterocycles. The van der Waals surface area contributed by atoms with Crippen molar-refractivity contribution < 1.29 is 0 Å². The molecule has 0 unspecified atom stereocenters. The van der Waals surface area contributed by atoms with E-state index in [0.29, 0.717) is 0 Å². The minimum atomic E-state index is 0.804. The number of nitrogens with zero attached hydrogens (tertiary/aromatic N) is 5. The van der Waals surface area contributed by atoms with Crippen molar-refractivity contribution in [1.82, 2.24) is 20.2 Å². The van der Waals surface area contributed by atoms with E-state index in [1.807, 2.05) is 13.1 Å². The molecule has 0 aliphatic carbocycles. The van der Waals surface area contributed by atoms with Crippen LogP contribution in [-0.2, 0) is 13.0 Å². The maximum Gasteiger partial charge on any atom is 0.225 e. The first-order chi connectivity index (χ1) is 12.3. The minimum Gasteiger partial charge on any atom is -0.352 e. The van der Waals surface area contributed by atoms with Crippen molar-refractivity contribution in [3.8, 4) is 0 Å². The lowest BCUT2D eigenvalue weighted by Gasteiger charge is -2.36. The topological polar surface area (TPSA) is 56.7 Å². The number of hydrogen-bond acceptors (Lipinski definition) is 4. The molecule has 1 aliphatic rings. The lowest BCUT2D eigenvalue weighted by molar-refractivity contribution is 0.370. The molecule has 6 nitrogen and oxygen atoms in total. The summed E-state index contributed by atoms with van der Waals surface area (Å²) in [5.74, 6) is 1.77. The fourth-order valence-corrected chi connectivity index (χ4v) is 3.15. The van der Waals surface area contributed by atoms with E-state index in [-0.39, 0.29) is 0 Å². The van der Waals surface area contributed by atoms with E-state index < -0.39 is 0 Å². The molecular weight excluding hydrogens is 312 g/mol. The van der Waals surface area contributed by atoms with Gasteiger partial charge in [0.25, 0.3) is 0 Å². The minimum absolute atomic E-state index is 0.804. The summed E-state index contributed by atoms with van der Waals surface area (Å²) in [6.45, 7) is 6.62. The molecule has 0 spiro atoms. The Morgan fingerprint density at radius 2 is 1.72 bits per heavy atom. The lowest BCUT2D eigenvalue weighted by atomic mass is 10.1. The van der Waals surface area contributed by atoms with Gasteiger partial charge >= 0.3 is 0 Å². The highest BCUT2D eigenvalue weighted by Crippen LogP contribution is 2.11. The summed E-state index contributed by atoms with van der Waals surface area (Å²) >= 11 is 0. The zero-order valence-electron chi connectivity index (χ0n) is 15.0. The molecule has 1 N–H and O–H groups in total. The second-order valence-corrected chi connectivity index (χ2v) is 6.05. The molecule has 132 valence electrons. The van der Waals surface area contributed by atoms with Crippen molar-refractivity contribution in [3.63, 3.8) is 0 Å². The van der Waals surface area contributed by atoms with Gasteiger partial charge in [0.15, 0.2) is 5.96 Å². The second-order valence-electron chi connectivity index (χ2n) is 6.05. The van der Waals surface area contributed by atoms with Gasteiger partial charge in [-0.25, -0.2) is 9.97 Å². The molecule has 1 aromatic heterocycles. The van der Waals surface area contributed by atoms with Crippen molar-refractivity contribution in [2.24, 2.45) is 4.99 Å². The molecule has 1 saturated heterocycles. The van der Waals surface area contributed by atoms with E-state index in [9.17, 15) is 0 Å². The highest BCUT2D eigenvalue weighted by molar-refractivity contribution is 5.80. The first-order valence-corrected chi connectivity index (χ1v) is 8.86. The Labute approximate surface area is 149 Å². The predicted molar refractivity (Wildman–Crippen MR) is 102 cm³/mol. The second kappa shape index (κ2) is 8.46. The smallest absolute Gasteiger partial charge is 0.225 e. The van der Waals surface area contributed by atoms with Crippen molar-refractivity contribution in [1.29, 1.82) is 0 Å². The SMILES string of the molecule is CCc1ccccc1CNC(=NC)N1CCN(c2ncccn2)CC1. The van der Waals surface area contributed by atoms with E-state index in [2.05, 4.69) is 61.3 Å². The Kier molecular flexibility index (Phi) is 5.82. The fourth-order valence-electron chi connectivity index (χ4n) is 3.15. The summed E-state index contributed by atoms with van der Waals surface area (Å²) in [4.78, 5) is 17.7. The zero-order valence-corrected chi connectivity index (χ0v) is 15.0. The van der Waals surface area contributed by atoms with Crippen LogP contribution in [0.15, 0.2) is 47.7 Å². The van der Waals surface area contributed by atoms with E-state index >= 15 is 0 Å². The molecule has 1 aliphatic heterocycles. The number of aromatic nitrogens is 2. The third-order valence-corrected chi connectivity index (χ3v) is 4.56. The van der Waals surface area contributed by atoms with E-state index in [1.165, 1.54) is 11.1 Å². The van der Waals surface area contributed by atoms with Crippen LogP contribution in [-0.4, -0.2) is 54.1 Å². The number of nitrogens with one attached hydrogen (secondary N) is 1. The summed E-state index contributed by atoms with van der Waals surface area (Å²) in [7, 11) is 1.85. The highest BCUT2D eigenvalue weighted by Gasteiger charge is 2.21. The van der Waals surface area contributed by atoms with Crippen LogP contribution >= 0.6 is 0 Å². The maximum atomic E-state index is 4.46. The average Bonchev–Trinajstić information content (AvgIpc) is 2.70. The van der Waals surface area contributed by atoms with Crippen molar-refractivity contribution in [3.05, 3.63) is 53.9 Å². The number of aryl methyl sites for hydroxylation is 1. The molecule has 0 radical (unpaired) electrons. The molecule has 0 saturated carbocycles. The van der Waals surface area contributed by atoms with Crippen molar-refractivity contribution >= 4 is 11.9 Å². The summed E-state index contributed by atoms with van der Waals surface area (Å²) in [6.07, 6.45) is 4.63. The van der Waals surface area contributed by atoms with Crippen LogP contribution in [0, 0.1) is 0 Å². The molecule has 25 heavy (non-hydrogen) atoms. The van der Waals surface area contributed by atoms with Crippen LogP contribution in [0.3, 0.4) is 0 Å². The number of aliphatic imine (C=N–C) groups is 1. The number of piperazine rings is 1. The maximum absolute atomic E-state index is 4.46. The van der Waals surface area contributed by atoms with Crippen LogP contribution in [0.4, 0.5) is 5.95 Å². The van der Waals surface area contributed by atoms with Crippen LogP contribution < -0.4 is 10.2 Å². The normalized spacial score (nSPS) is 15.4. The molecule has 2 aromatic rings. The van der Waals surface area contributed by atoms with Crippen LogP contribution in [0.2, 0.25) is 0 Å². The molecule has 6 heteroatoms. The first-order valence-electron chi connectivity index (χ1n) is 8.86. The number of guanidine groups is 1. The molecule has 0 amide bonds. The zero-order chi connectivity index (χ0) is 17.5. The Bertz CT molecular complexity index is 692. The first kappa shape index (κ1) is 17.2. The Morgan fingerprint density at radius 1 is 1.04 bits per heavy atom. The van der Waals surface area contributed by atoms with Gasteiger partial charge in [-0.15, -0.1) is 0 Å². The van der Waals surface area contributed by atoms with Gasteiger partial charge in [-0.05, 0) is 23.6 Å². The predicted octanol–water partition coefficient (Wildman–Crippen LogP) is 1.94. The van der Waals surface area contributed by atoms with E-state index in [4.69, 9.17) is 0 Å². The summed E-state index contributed by atoms with van der Waals surface area (Å²) < 4.78 is 0. The van der Waals surface area contributed by atoms with Crippen LogP contribution in [0.1, 0.15) is 18.1 Å². The van der Waals surface area contributed by atoms with Gasteiger partial charge in [-0.2, -0.15) is 0 Å². The Hall–Kier alpha value is -2.63. The highest BCUT2D eigenvalue weighted by atomic mass is 15.4. The standard InChI is InChI=1S/C19H26N6/c1-3-16-7-4-5-8-17(16)15-23-18(20-2)24-11-13-25(14-12-24)19-21-9-6-10-22-19/h4-10H,3,11-15H2,1-2H3,(H,20,23). The monoisotopic (exact) mass is 338 g/mol. The number of benzene rings is 1.